The lowest BCUT2D eigenvalue weighted by Crippen LogP contribution is -2.55. The first-order valence-electron chi connectivity index (χ1n) is 11.4. The van der Waals surface area contributed by atoms with Crippen LogP contribution in [0.3, 0.4) is 0 Å². The number of hydrogen-bond donors (Lipinski definition) is 1. The van der Waals surface area contributed by atoms with Gasteiger partial charge >= 0.3 is 5.97 Å². The normalized spacial score (nSPS) is 32.9. The number of aliphatic hydroxyl groups excluding tert-OH is 1. The van der Waals surface area contributed by atoms with Gasteiger partial charge in [-0.2, -0.15) is 0 Å². The van der Waals surface area contributed by atoms with Gasteiger partial charge in [-0.1, -0.05) is 36.4 Å². The van der Waals surface area contributed by atoms with Crippen LogP contribution in [-0.4, -0.2) is 71.8 Å². The number of benzene rings is 1. The zero-order valence-electron chi connectivity index (χ0n) is 18.8. The first-order chi connectivity index (χ1) is 15.9. The van der Waals surface area contributed by atoms with Gasteiger partial charge in [-0.05, 0) is 37.5 Å². The van der Waals surface area contributed by atoms with Gasteiger partial charge in [-0.15, -0.1) is 0 Å². The molecule has 1 unspecified atom stereocenters. The Kier molecular flexibility index (Phi) is 5.37. The van der Waals surface area contributed by atoms with Crippen LogP contribution in [-0.2, 0) is 23.9 Å². The van der Waals surface area contributed by atoms with E-state index in [0.29, 0.717) is 13.0 Å². The number of para-hydroxylation sites is 1. The highest BCUT2D eigenvalue weighted by atomic mass is 16.6. The van der Waals surface area contributed by atoms with E-state index >= 15 is 0 Å². The molecule has 1 spiro atoms. The summed E-state index contributed by atoms with van der Waals surface area (Å²) in [5, 5.41) is 9.44. The molecule has 1 aromatic carbocycles. The summed E-state index contributed by atoms with van der Waals surface area (Å²) in [6.07, 6.45) is 6.83. The predicted molar refractivity (Wildman–Crippen MR) is 119 cm³/mol. The van der Waals surface area contributed by atoms with Gasteiger partial charge in [0.05, 0.1) is 12.0 Å². The predicted octanol–water partition coefficient (Wildman–Crippen LogP) is 1.28. The van der Waals surface area contributed by atoms with Gasteiger partial charge in [-0.3, -0.25) is 14.4 Å². The first kappa shape index (κ1) is 21.9. The largest absolute Gasteiger partial charge is 0.461 e. The van der Waals surface area contributed by atoms with Crippen LogP contribution in [0.2, 0.25) is 0 Å². The fourth-order valence-corrected chi connectivity index (χ4v) is 5.88. The molecule has 33 heavy (non-hydrogen) atoms. The van der Waals surface area contributed by atoms with Gasteiger partial charge in [0.25, 0.3) is 5.91 Å². The number of carbonyl (C=O) groups is 3. The summed E-state index contributed by atoms with van der Waals surface area (Å²) in [4.78, 5) is 43.9. The number of hydrogen-bond acceptors (Lipinski definition) is 6. The molecule has 1 N–H and O–H groups in total. The number of cyclic esters (lactones) is 1. The minimum Gasteiger partial charge on any atom is -0.461 e. The van der Waals surface area contributed by atoms with Crippen LogP contribution < -0.4 is 4.90 Å². The Hall–Kier alpha value is -2.97. The Morgan fingerprint density at radius 1 is 1.12 bits per heavy atom. The second-order valence-corrected chi connectivity index (χ2v) is 9.10. The fraction of sp³-hybridized carbons (Fsp3) is 0.480. The van der Waals surface area contributed by atoms with E-state index in [4.69, 9.17) is 9.47 Å². The standard InChI is InChI=1S/C25H28N2O6/c1-15-7-3-8-16(2)20(15)26-11-5-10-25-19(18-17(33-25)9-4-14-32-24(18)31)22(29)27(12-6-13-28)21(25)23(26)30/h3-5,7-10,17-19,21,28H,6,11-14H2,1-2H3/t17-,18+,19+,21?,25+/m1/s1. The Bertz CT molecular complexity index is 1040. The number of rotatable bonds is 4. The van der Waals surface area contributed by atoms with E-state index in [0.717, 1.165) is 16.8 Å². The van der Waals surface area contributed by atoms with Crippen LogP contribution in [0.5, 0.6) is 0 Å². The minimum atomic E-state index is -1.27. The number of ether oxygens (including phenoxy) is 2. The maximum atomic E-state index is 14.2. The maximum Gasteiger partial charge on any atom is 0.313 e. The number of likely N-dealkylation sites (tertiary alicyclic amines) is 1. The molecule has 0 radical (unpaired) electrons. The number of esters is 1. The minimum absolute atomic E-state index is 0.115. The van der Waals surface area contributed by atoms with Crippen LogP contribution in [0, 0.1) is 25.7 Å². The summed E-state index contributed by atoms with van der Waals surface area (Å²) in [6, 6.07) is 4.92. The molecule has 5 rings (SSSR count). The van der Waals surface area contributed by atoms with Crippen molar-refractivity contribution in [3.8, 4) is 0 Å². The average Bonchev–Trinajstić information content (AvgIpc) is 3.08. The van der Waals surface area contributed by atoms with Crippen LogP contribution >= 0.6 is 0 Å². The highest BCUT2D eigenvalue weighted by molar-refractivity contribution is 6.06. The molecule has 4 aliphatic rings. The van der Waals surface area contributed by atoms with E-state index in [2.05, 4.69) is 0 Å². The maximum absolute atomic E-state index is 14.2. The van der Waals surface area contributed by atoms with Gasteiger partial charge in [0.15, 0.2) is 0 Å². The number of fused-ring (bicyclic) bond motifs is 2. The molecule has 0 saturated carbocycles. The fourth-order valence-electron chi connectivity index (χ4n) is 5.88. The molecule has 2 fully saturated rings. The molecule has 2 amide bonds. The van der Waals surface area contributed by atoms with Crippen molar-refractivity contribution in [2.24, 2.45) is 11.8 Å². The van der Waals surface area contributed by atoms with Crippen LogP contribution in [0.15, 0.2) is 42.5 Å². The summed E-state index contributed by atoms with van der Waals surface area (Å²) in [5.41, 5.74) is 1.46. The third-order valence-corrected chi connectivity index (χ3v) is 7.18. The van der Waals surface area contributed by atoms with E-state index in [1.54, 1.807) is 23.1 Å². The lowest BCUT2D eigenvalue weighted by Gasteiger charge is -2.36. The SMILES string of the molecule is Cc1cccc(C)c1N1CC=C[C@]23O[C@@H]4C=CCOC(=O)[C@@H]4[C@H]2C(=O)N(CCCO)C3C1=O. The monoisotopic (exact) mass is 452 g/mol. The molecule has 0 bridgehead atoms. The van der Waals surface area contributed by atoms with E-state index < -0.39 is 35.6 Å². The van der Waals surface area contributed by atoms with Crippen molar-refractivity contribution >= 4 is 23.5 Å². The molecular weight excluding hydrogens is 424 g/mol. The molecule has 2 saturated heterocycles. The quantitative estimate of drug-likeness (QED) is 0.546. The molecule has 174 valence electrons. The summed E-state index contributed by atoms with van der Waals surface area (Å²) >= 11 is 0. The molecule has 0 aliphatic carbocycles. The number of carbonyl (C=O) groups excluding carboxylic acids is 3. The number of aliphatic hydroxyl groups is 1. The lowest BCUT2D eigenvalue weighted by atomic mass is 9.78. The van der Waals surface area contributed by atoms with Crippen molar-refractivity contribution in [1.82, 2.24) is 4.90 Å². The van der Waals surface area contributed by atoms with Crippen molar-refractivity contribution in [2.75, 3.05) is 31.2 Å². The Labute approximate surface area is 192 Å². The van der Waals surface area contributed by atoms with Crippen molar-refractivity contribution in [3.63, 3.8) is 0 Å². The van der Waals surface area contributed by atoms with Crippen LogP contribution in [0.25, 0.3) is 0 Å². The van der Waals surface area contributed by atoms with Crippen LogP contribution in [0.4, 0.5) is 5.69 Å². The number of nitrogens with zero attached hydrogens (tertiary/aromatic N) is 2. The topological polar surface area (TPSA) is 96.4 Å². The zero-order chi connectivity index (χ0) is 23.3. The summed E-state index contributed by atoms with van der Waals surface area (Å²) in [6.45, 7) is 4.46. The van der Waals surface area contributed by atoms with Crippen molar-refractivity contribution in [1.29, 1.82) is 0 Å². The summed E-state index contributed by atoms with van der Waals surface area (Å²) < 4.78 is 11.8. The Morgan fingerprint density at radius 3 is 2.61 bits per heavy atom. The Balaban J connectivity index is 1.64. The first-order valence-corrected chi connectivity index (χ1v) is 11.4. The number of aryl methyl sites for hydroxylation is 2. The molecule has 4 heterocycles. The highest BCUT2D eigenvalue weighted by Gasteiger charge is 2.71. The van der Waals surface area contributed by atoms with Crippen LogP contribution in [0.1, 0.15) is 17.5 Å². The third kappa shape index (κ3) is 3.15. The molecule has 8 nitrogen and oxygen atoms in total. The molecule has 4 aliphatic heterocycles. The second-order valence-electron chi connectivity index (χ2n) is 9.10. The molecule has 1 aromatic rings. The molecule has 0 aromatic heterocycles. The van der Waals surface area contributed by atoms with E-state index in [9.17, 15) is 19.5 Å². The smallest absolute Gasteiger partial charge is 0.313 e. The number of amides is 2. The van der Waals surface area contributed by atoms with E-state index in [-0.39, 0.29) is 31.6 Å². The van der Waals surface area contributed by atoms with Gasteiger partial charge in [0.1, 0.15) is 24.2 Å². The average molecular weight is 453 g/mol. The van der Waals surface area contributed by atoms with Gasteiger partial charge in [0, 0.05) is 25.4 Å². The zero-order valence-corrected chi connectivity index (χ0v) is 18.8. The van der Waals surface area contributed by atoms with Gasteiger partial charge in [0.2, 0.25) is 5.91 Å². The Morgan fingerprint density at radius 2 is 1.88 bits per heavy atom. The number of anilines is 1. The molecular formula is C25H28N2O6. The second kappa shape index (κ2) is 8.11. The van der Waals surface area contributed by atoms with E-state index in [1.165, 1.54) is 4.90 Å². The van der Waals surface area contributed by atoms with Gasteiger partial charge < -0.3 is 24.4 Å². The lowest BCUT2D eigenvalue weighted by molar-refractivity contribution is -0.152. The molecule has 5 atom stereocenters. The third-order valence-electron chi connectivity index (χ3n) is 7.18. The van der Waals surface area contributed by atoms with Crippen molar-refractivity contribution < 1.29 is 29.0 Å². The summed E-state index contributed by atoms with van der Waals surface area (Å²) in [5.74, 6) is -2.73. The summed E-state index contributed by atoms with van der Waals surface area (Å²) in [7, 11) is 0. The van der Waals surface area contributed by atoms with Crippen molar-refractivity contribution in [3.05, 3.63) is 53.6 Å². The van der Waals surface area contributed by atoms with E-state index in [1.807, 2.05) is 38.1 Å². The molecule has 8 heteroatoms. The highest BCUT2D eigenvalue weighted by Crippen LogP contribution is 2.53. The van der Waals surface area contributed by atoms with Crippen molar-refractivity contribution in [2.45, 2.75) is 38.0 Å². The van der Waals surface area contributed by atoms with Gasteiger partial charge in [-0.25, -0.2) is 0 Å².